The number of aryl methyl sites for hydroxylation is 1. The summed E-state index contributed by atoms with van der Waals surface area (Å²) in [5.74, 6) is 0.892. The Kier molecular flexibility index (Phi) is 6.91. The van der Waals surface area contributed by atoms with Crippen LogP contribution in [0.3, 0.4) is 0 Å². The van der Waals surface area contributed by atoms with Gasteiger partial charge in [0.1, 0.15) is 5.75 Å². The summed E-state index contributed by atoms with van der Waals surface area (Å²) in [6, 6.07) is 5.70. The number of carbonyl (C=O) groups is 1. The zero-order valence-electron chi connectivity index (χ0n) is 12.9. The van der Waals surface area contributed by atoms with Gasteiger partial charge >= 0.3 is 6.09 Å². The highest BCUT2D eigenvalue weighted by atomic mass is 16.6. The molecule has 0 heterocycles. The SMILES string of the molecule is CCCCc1cc(NC(=O)OC(C)C)ccc1OCC. The lowest BCUT2D eigenvalue weighted by atomic mass is 10.1. The first-order valence-electron chi connectivity index (χ1n) is 7.30. The molecule has 0 spiro atoms. The van der Waals surface area contributed by atoms with E-state index in [1.165, 1.54) is 0 Å². The van der Waals surface area contributed by atoms with Crippen LogP contribution in [0.4, 0.5) is 10.5 Å². The summed E-state index contributed by atoms with van der Waals surface area (Å²) in [4.78, 5) is 11.6. The van der Waals surface area contributed by atoms with Crippen molar-refractivity contribution in [2.75, 3.05) is 11.9 Å². The van der Waals surface area contributed by atoms with Crippen LogP contribution in [0.1, 0.15) is 46.1 Å². The van der Waals surface area contributed by atoms with Gasteiger partial charge < -0.3 is 9.47 Å². The van der Waals surface area contributed by atoms with Gasteiger partial charge in [-0.3, -0.25) is 5.32 Å². The Morgan fingerprint density at radius 1 is 1.30 bits per heavy atom. The number of rotatable bonds is 7. The molecule has 0 aliphatic carbocycles. The quantitative estimate of drug-likeness (QED) is 0.805. The average Bonchev–Trinajstić information content (AvgIpc) is 2.38. The van der Waals surface area contributed by atoms with E-state index in [9.17, 15) is 4.79 Å². The second kappa shape index (κ2) is 8.46. The minimum atomic E-state index is -0.425. The van der Waals surface area contributed by atoms with Gasteiger partial charge in [-0.1, -0.05) is 13.3 Å². The zero-order valence-corrected chi connectivity index (χ0v) is 12.9. The fourth-order valence-corrected chi connectivity index (χ4v) is 1.88. The number of ether oxygens (including phenoxy) is 2. The van der Waals surface area contributed by atoms with E-state index < -0.39 is 6.09 Å². The first-order chi connectivity index (χ1) is 9.56. The molecule has 20 heavy (non-hydrogen) atoms. The average molecular weight is 279 g/mol. The lowest BCUT2D eigenvalue weighted by molar-refractivity contribution is 0.130. The number of hydrogen-bond acceptors (Lipinski definition) is 3. The molecule has 0 radical (unpaired) electrons. The molecule has 0 aliphatic heterocycles. The van der Waals surface area contributed by atoms with E-state index in [2.05, 4.69) is 12.2 Å². The van der Waals surface area contributed by atoms with Gasteiger partial charge in [-0.15, -0.1) is 0 Å². The molecule has 4 heteroatoms. The van der Waals surface area contributed by atoms with Crippen LogP contribution in [0.2, 0.25) is 0 Å². The van der Waals surface area contributed by atoms with Gasteiger partial charge in [0.15, 0.2) is 0 Å². The van der Waals surface area contributed by atoms with E-state index in [0.29, 0.717) is 6.61 Å². The Morgan fingerprint density at radius 2 is 2.05 bits per heavy atom. The predicted molar refractivity (Wildman–Crippen MR) is 81.5 cm³/mol. The Morgan fingerprint density at radius 3 is 2.65 bits per heavy atom. The van der Waals surface area contributed by atoms with Crippen molar-refractivity contribution in [1.82, 2.24) is 0 Å². The van der Waals surface area contributed by atoms with Gasteiger partial charge in [0.2, 0.25) is 0 Å². The third kappa shape index (κ3) is 5.51. The molecule has 0 aliphatic rings. The molecule has 1 rings (SSSR count). The molecule has 0 unspecified atom stereocenters. The highest BCUT2D eigenvalue weighted by molar-refractivity contribution is 5.85. The van der Waals surface area contributed by atoms with Crippen molar-refractivity contribution in [3.8, 4) is 5.75 Å². The van der Waals surface area contributed by atoms with Crippen molar-refractivity contribution < 1.29 is 14.3 Å². The molecule has 1 N–H and O–H groups in total. The molecule has 4 nitrogen and oxygen atoms in total. The molecule has 0 saturated heterocycles. The van der Waals surface area contributed by atoms with Crippen molar-refractivity contribution in [1.29, 1.82) is 0 Å². The standard InChI is InChI=1S/C16H25NO3/c1-5-7-8-13-11-14(9-10-15(13)19-6-2)17-16(18)20-12(3)4/h9-12H,5-8H2,1-4H3,(H,17,18). The van der Waals surface area contributed by atoms with Gasteiger partial charge in [0.05, 0.1) is 12.7 Å². The van der Waals surface area contributed by atoms with E-state index >= 15 is 0 Å². The first-order valence-corrected chi connectivity index (χ1v) is 7.30. The molecule has 112 valence electrons. The molecule has 0 saturated carbocycles. The van der Waals surface area contributed by atoms with Crippen LogP contribution in [0.5, 0.6) is 5.75 Å². The Balaban J connectivity index is 2.79. The highest BCUT2D eigenvalue weighted by Gasteiger charge is 2.09. The Bertz CT molecular complexity index is 430. The number of nitrogens with one attached hydrogen (secondary N) is 1. The number of carbonyl (C=O) groups excluding carboxylic acids is 1. The molecule has 0 atom stereocenters. The van der Waals surface area contributed by atoms with Crippen molar-refractivity contribution in [2.24, 2.45) is 0 Å². The van der Waals surface area contributed by atoms with Crippen molar-refractivity contribution in [2.45, 2.75) is 53.1 Å². The van der Waals surface area contributed by atoms with Gasteiger partial charge in [0.25, 0.3) is 0 Å². The summed E-state index contributed by atoms with van der Waals surface area (Å²) < 4.78 is 10.7. The van der Waals surface area contributed by atoms with Crippen molar-refractivity contribution in [3.05, 3.63) is 23.8 Å². The molecule has 1 aromatic rings. The monoisotopic (exact) mass is 279 g/mol. The predicted octanol–water partition coefficient (Wildman–Crippen LogP) is 4.38. The molecule has 1 aromatic carbocycles. The van der Waals surface area contributed by atoms with E-state index in [1.807, 2.05) is 39.0 Å². The molecule has 1 amide bonds. The van der Waals surface area contributed by atoms with Crippen LogP contribution in [-0.4, -0.2) is 18.8 Å². The number of anilines is 1. The van der Waals surface area contributed by atoms with Crippen LogP contribution in [0.15, 0.2) is 18.2 Å². The first kappa shape index (κ1) is 16.3. The van der Waals surface area contributed by atoms with Gasteiger partial charge in [-0.05, 0) is 57.4 Å². The van der Waals surface area contributed by atoms with E-state index in [4.69, 9.17) is 9.47 Å². The molecular formula is C16H25NO3. The fraction of sp³-hybridized carbons (Fsp3) is 0.562. The third-order valence-electron chi connectivity index (χ3n) is 2.75. The normalized spacial score (nSPS) is 10.4. The van der Waals surface area contributed by atoms with Crippen LogP contribution in [0.25, 0.3) is 0 Å². The lowest BCUT2D eigenvalue weighted by Gasteiger charge is -2.13. The maximum atomic E-state index is 11.6. The number of benzene rings is 1. The molecular weight excluding hydrogens is 254 g/mol. The Labute approximate surface area is 121 Å². The van der Waals surface area contributed by atoms with E-state index in [1.54, 1.807) is 0 Å². The van der Waals surface area contributed by atoms with E-state index in [0.717, 1.165) is 36.3 Å². The van der Waals surface area contributed by atoms with Crippen molar-refractivity contribution in [3.63, 3.8) is 0 Å². The molecule has 0 aromatic heterocycles. The number of amides is 1. The Hall–Kier alpha value is -1.71. The zero-order chi connectivity index (χ0) is 15.0. The van der Waals surface area contributed by atoms with Crippen LogP contribution < -0.4 is 10.1 Å². The van der Waals surface area contributed by atoms with Crippen LogP contribution in [-0.2, 0) is 11.2 Å². The van der Waals surface area contributed by atoms with Crippen LogP contribution in [0, 0.1) is 0 Å². The number of hydrogen-bond donors (Lipinski definition) is 1. The summed E-state index contributed by atoms with van der Waals surface area (Å²) in [6.07, 6.45) is 2.61. The maximum Gasteiger partial charge on any atom is 0.411 e. The minimum Gasteiger partial charge on any atom is -0.494 e. The second-order valence-corrected chi connectivity index (χ2v) is 4.94. The van der Waals surface area contributed by atoms with Gasteiger partial charge in [0, 0.05) is 5.69 Å². The smallest absolute Gasteiger partial charge is 0.411 e. The van der Waals surface area contributed by atoms with Crippen LogP contribution >= 0.6 is 0 Å². The largest absolute Gasteiger partial charge is 0.494 e. The highest BCUT2D eigenvalue weighted by Crippen LogP contribution is 2.25. The van der Waals surface area contributed by atoms with Gasteiger partial charge in [-0.2, -0.15) is 0 Å². The number of unbranched alkanes of at least 4 members (excludes halogenated alkanes) is 1. The molecule has 0 fully saturated rings. The minimum absolute atomic E-state index is 0.128. The summed E-state index contributed by atoms with van der Waals surface area (Å²) in [7, 11) is 0. The van der Waals surface area contributed by atoms with Gasteiger partial charge in [-0.25, -0.2) is 4.79 Å². The third-order valence-corrected chi connectivity index (χ3v) is 2.75. The summed E-state index contributed by atoms with van der Waals surface area (Å²) in [5.41, 5.74) is 1.86. The molecule has 0 bridgehead atoms. The lowest BCUT2D eigenvalue weighted by Crippen LogP contribution is -2.18. The second-order valence-electron chi connectivity index (χ2n) is 4.94. The fourth-order valence-electron chi connectivity index (χ4n) is 1.88. The maximum absolute atomic E-state index is 11.6. The summed E-state index contributed by atoms with van der Waals surface area (Å²) in [6.45, 7) is 8.41. The topological polar surface area (TPSA) is 47.6 Å². The van der Waals surface area contributed by atoms with Crippen molar-refractivity contribution >= 4 is 11.8 Å². The summed E-state index contributed by atoms with van der Waals surface area (Å²) >= 11 is 0. The summed E-state index contributed by atoms with van der Waals surface area (Å²) in [5, 5.41) is 2.74. The van der Waals surface area contributed by atoms with E-state index in [-0.39, 0.29) is 6.10 Å².